The Kier molecular flexibility index (Phi) is 69.0. The van der Waals surface area contributed by atoms with Crippen LogP contribution in [0.5, 0.6) is 0 Å². The van der Waals surface area contributed by atoms with Crippen molar-refractivity contribution in [1.82, 2.24) is 5.32 Å². The molecule has 1 aliphatic heterocycles. The first kappa shape index (κ1) is 88.6. The number of ether oxygens (including phenoxy) is 2. The van der Waals surface area contributed by atoms with E-state index in [9.17, 15) is 30.3 Å². The van der Waals surface area contributed by atoms with E-state index < -0.39 is 49.5 Å². The summed E-state index contributed by atoms with van der Waals surface area (Å²) in [5, 5.41) is 54.9. The molecule has 1 fully saturated rings. The van der Waals surface area contributed by atoms with Crippen molar-refractivity contribution in [3.05, 3.63) is 72.9 Å². The molecule has 1 rings (SSSR count). The summed E-state index contributed by atoms with van der Waals surface area (Å²) in [6, 6.07) is -0.831. The lowest BCUT2D eigenvalue weighted by Gasteiger charge is -2.40. The molecule has 0 radical (unpaired) electrons. The predicted octanol–water partition coefficient (Wildman–Crippen LogP) is 23.4. The lowest BCUT2D eigenvalue weighted by Crippen LogP contribution is -2.60. The maximum absolute atomic E-state index is 13.2. The molecule has 0 bridgehead atoms. The maximum Gasteiger partial charge on any atom is 0.220 e. The zero-order valence-corrected chi connectivity index (χ0v) is 61.3. The molecule has 6 N–H and O–H groups in total. The molecule has 9 heteroatoms. The van der Waals surface area contributed by atoms with Crippen LogP contribution >= 0.6 is 0 Å². The van der Waals surface area contributed by atoms with Crippen LogP contribution in [-0.2, 0) is 14.3 Å². The fourth-order valence-electron chi connectivity index (χ4n) is 12.9. The second-order valence-electron chi connectivity index (χ2n) is 28.2. The molecule has 9 nitrogen and oxygen atoms in total. The minimum atomic E-state index is -1.58. The summed E-state index contributed by atoms with van der Waals surface area (Å²) < 4.78 is 11.3. The first-order valence-electron chi connectivity index (χ1n) is 40.7. The van der Waals surface area contributed by atoms with E-state index in [1.165, 1.54) is 321 Å². The lowest BCUT2D eigenvalue weighted by atomic mass is 9.99. The van der Waals surface area contributed by atoms with Crippen LogP contribution < -0.4 is 5.32 Å². The van der Waals surface area contributed by atoms with Crippen molar-refractivity contribution >= 4 is 5.91 Å². The lowest BCUT2D eigenvalue weighted by molar-refractivity contribution is -0.302. The van der Waals surface area contributed by atoms with Crippen LogP contribution in [0.2, 0.25) is 0 Å². The molecular formula is C84H155NO8. The van der Waals surface area contributed by atoms with Gasteiger partial charge in [0.15, 0.2) is 6.29 Å². The van der Waals surface area contributed by atoms with E-state index in [4.69, 9.17) is 9.47 Å². The summed E-state index contributed by atoms with van der Waals surface area (Å²) in [6.07, 6.45) is 96.4. The number of rotatable bonds is 72. The third-order valence-electron chi connectivity index (χ3n) is 19.2. The van der Waals surface area contributed by atoms with Crippen molar-refractivity contribution in [3.63, 3.8) is 0 Å². The van der Waals surface area contributed by atoms with Crippen LogP contribution in [0.25, 0.3) is 0 Å². The number of aliphatic hydroxyl groups excluding tert-OH is 5. The van der Waals surface area contributed by atoms with Gasteiger partial charge in [-0.15, -0.1) is 0 Å². The Balaban J connectivity index is 2.07. The molecule has 1 heterocycles. The van der Waals surface area contributed by atoms with Crippen LogP contribution in [0.1, 0.15) is 399 Å². The monoisotopic (exact) mass is 1310 g/mol. The number of carbonyl (C=O) groups is 1. The van der Waals surface area contributed by atoms with Crippen molar-refractivity contribution < 1.29 is 39.8 Å². The number of amides is 1. The molecule has 93 heavy (non-hydrogen) atoms. The Labute approximate surface area is 576 Å². The smallest absolute Gasteiger partial charge is 0.220 e. The number of nitrogens with one attached hydrogen (secondary N) is 1. The van der Waals surface area contributed by atoms with E-state index in [-0.39, 0.29) is 12.5 Å². The highest BCUT2D eigenvalue weighted by Crippen LogP contribution is 2.24. The largest absolute Gasteiger partial charge is 0.394 e. The summed E-state index contributed by atoms with van der Waals surface area (Å²) in [5.41, 5.74) is 0. The SMILES string of the molecule is CCCCCCC/C=C\C/C=C\C/C=C\CCCCCCCCCCCCCCCCCCCCCCCCCCCCC(=O)NC(COC1OC(CO)C(O)C(O)C1O)C(O)/C=C/CC/C=C/CC/C=C/CCCCCCCCCCCCCCCCCCCCC. The van der Waals surface area contributed by atoms with E-state index in [1.807, 2.05) is 6.08 Å². The normalized spacial score (nSPS) is 17.9. The average molecular weight is 1310 g/mol. The quantitative estimate of drug-likeness (QED) is 0.0261. The van der Waals surface area contributed by atoms with Crippen LogP contribution in [0.4, 0.5) is 0 Å². The summed E-state index contributed by atoms with van der Waals surface area (Å²) >= 11 is 0. The van der Waals surface area contributed by atoms with Gasteiger partial charge in [0, 0.05) is 6.42 Å². The van der Waals surface area contributed by atoms with E-state index in [2.05, 4.69) is 79.9 Å². The zero-order chi connectivity index (χ0) is 67.1. The second-order valence-corrected chi connectivity index (χ2v) is 28.2. The van der Waals surface area contributed by atoms with Gasteiger partial charge in [0.05, 0.1) is 25.4 Å². The molecule has 7 unspecified atom stereocenters. The van der Waals surface area contributed by atoms with Crippen molar-refractivity contribution in [2.24, 2.45) is 0 Å². The first-order valence-corrected chi connectivity index (χ1v) is 40.7. The number of hydrogen-bond acceptors (Lipinski definition) is 8. The van der Waals surface area contributed by atoms with Gasteiger partial charge in [0.1, 0.15) is 24.4 Å². The van der Waals surface area contributed by atoms with Gasteiger partial charge in [0.2, 0.25) is 5.91 Å². The molecular weight excluding hydrogens is 1150 g/mol. The Morgan fingerprint density at radius 2 is 0.645 bits per heavy atom. The van der Waals surface area contributed by atoms with Gasteiger partial charge < -0.3 is 40.3 Å². The fraction of sp³-hybridized carbons (Fsp3) is 0.845. The molecule has 0 aliphatic carbocycles. The molecule has 1 aliphatic rings. The molecule has 1 amide bonds. The number of aliphatic hydroxyl groups is 5. The van der Waals surface area contributed by atoms with E-state index >= 15 is 0 Å². The van der Waals surface area contributed by atoms with Crippen molar-refractivity contribution in [2.75, 3.05) is 13.2 Å². The number of hydrogen-bond donors (Lipinski definition) is 6. The molecule has 544 valence electrons. The van der Waals surface area contributed by atoms with Crippen LogP contribution in [-0.4, -0.2) is 87.5 Å². The fourth-order valence-corrected chi connectivity index (χ4v) is 12.9. The van der Waals surface area contributed by atoms with E-state index in [0.29, 0.717) is 6.42 Å². The van der Waals surface area contributed by atoms with Gasteiger partial charge in [-0.05, 0) is 83.5 Å². The molecule has 7 atom stereocenters. The molecule has 0 aromatic rings. The van der Waals surface area contributed by atoms with E-state index in [1.54, 1.807) is 6.08 Å². The van der Waals surface area contributed by atoms with E-state index in [0.717, 1.165) is 57.8 Å². The van der Waals surface area contributed by atoms with Gasteiger partial charge in [-0.3, -0.25) is 4.79 Å². The Morgan fingerprint density at radius 3 is 0.978 bits per heavy atom. The standard InChI is InChI=1S/C84H155NO8/c1-3-5-7-9-11-13-15-17-19-21-23-25-27-29-31-33-34-35-36-37-38-39-40-41-42-43-44-46-48-50-52-54-56-58-60-62-64-66-68-70-72-74-80(88)85-77(76-92-84-83(91)82(90)81(89)79(75-86)93-84)78(87)73-71-69-67-65-63-61-59-57-55-53-51-49-47-45-32-30-28-26-24-22-20-18-16-14-12-10-8-6-4-2/h15,17,21,23,27,29,55,57,63,65,71,73,77-79,81-84,86-87,89-91H,3-14,16,18-20,22,24-26,28,30-54,56,58-62,64,66-70,72,74-76H2,1-2H3,(H,85,88)/b17-15-,23-21-,29-27-,57-55+,65-63+,73-71+. The summed E-state index contributed by atoms with van der Waals surface area (Å²) in [4.78, 5) is 13.2. The Hall–Kier alpha value is -2.37. The molecule has 0 aromatic heterocycles. The topological polar surface area (TPSA) is 149 Å². The summed E-state index contributed by atoms with van der Waals surface area (Å²) in [7, 11) is 0. The van der Waals surface area contributed by atoms with Gasteiger partial charge in [-0.1, -0.05) is 382 Å². The van der Waals surface area contributed by atoms with Crippen LogP contribution in [0.3, 0.4) is 0 Å². The van der Waals surface area contributed by atoms with Crippen LogP contribution in [0.15, 0.2) is 72.9 Å². The highest BCUT2D eigenvalue weighted by molar-refractivity contribution is 5.76. The van der Waals surface area contributed by atoms with Gasteiger partial charge >= 0.3 is 0 Å². The van der Waals surface area contributed by atoms with Crippen molar-refractivity contribution in [2.45, 2.75) is 442 Å². The average Bonchev–Trinajstić information content (AvgIpc) is 1.00. The minimum absolute atomic E-state index is 0.184. The predicted molar refractivity (Wildman–Crippen MR) is 401 cm³/mol. The first-order chi connectivity index (χ1) is 45.8. The third kappa shape index (κ3) is 60.5. The maximum atomic E-state index is 13.2. The van der Waals surface area contributed by atoms with Crippen LogP contribution in [0, 0.1) is 0 Å². The number of unbranched alkanes of at least 4 members (excludes halogenated alkanes) is 52. The highest BCUT2D eigenvalue weighted by atomic mass is 16.7. The molecule has 1 saturated heterocycles. The van der Waals surface area contributed by atoms with Crippen molar-refractivity contribution in [1.29, 1.82) is 0 Å². The Bertz CT molecular complexity index is 1710. The third-order valence-corrected chi connectivity index (χ3v) is 19.2. The summed E-state index contributed by atoms with van der Waals surface area (Å²) in [5.74, 6) is -0.184. The van der Waals surface area contributed by atoms with Gasteiger partial charge in [-0.25, -0.2) is 0 Å². The number of allylic oxidation sites excluding steroid dienone is 11. The van der Waals surface area contributed by atoms with Crippen molar-refractivity contribution in [3.8, 4) is 0 Å². The zero-order valence-electron chi connectivity index (χ0n) is 61.3. The Morgan fingerprint density at radius 1 is 0.366 bits per heavy atom. The van der Waals surface area contributed by atoms with Gasteiger partial charge in [0.25, 0.3) is 0 Å². The van der Waals surface area contributed by atoms with Gasteiger partial charge in [-0.2, -0.15) is 0 Å². The minimum Gasteiger partial charge on any atom is -0.394 e. The molecule has 0 aromatic carbocycles. The number of carbonyl (C=O) groups excluding carboxylic acids is 1. The molecule has 0 saturated carbocycles. The summed E-state index contributed by atoms with van der Waals surface area (Å²) in [6.45, 7) is 3.80. The molecule has 0 spiro atoms. The second kappa shape index (κ2) is 72.4. The highest BCUT2D eigenvalue weighted by Gasteiger charge is 2.44.